The first kappa shape index (κ1) is 28.7. The topological polar surface area (TPSA) is 101 Å². The van der Waals surface area contributed by atoms with Crippen molar-refractivity contribution >= 4 is 38.5 Å². The minimum absolute atomic E-state index is 0.0840. The lowest BCUT2D eigenvalue weighted by Crippen LogP contribution is -2.35. The Bertz CT molecular complexity index is 2160. The van der Waals surface area contributed by atoms with Crippen molar-refractivity contribution in [2.45, 2.75) is 43.7 Å². The highest BCUT2D eigenvalue weighted by Crippen LogP contribution is 2.68. The van der Waals surface area contributed by atoms with E-state index in [4.69, 9.17) is 0 Å². The van der Waals surface area contributed by atoms with E-state index in [1.807, 2.05) is 18.2 Å². The molecule has 0 saturated heterocycles. The van der Waals surface area contributed by atoms with Crippen molar-refractivity contribution in [3.63, 3.8) is 0 Å². The van der Waals surface area contributed by atoms with Gasteiger partial charge < -0.3 is 10.3 Å². The zero-order valence-corrected chi connectivity index (χ0v) is 24.3. The Morgan fingerprint density at radius 1 is 1.09 bits per heavy atom. The summed E-state index contributed by atoms with van der Waals surface area (Å²) in [5, 5.41) is 6.50. The van der Waals surface area contributed by atoms with Crippen molar-refractivity contribution in [3.8, 4) is 11.1 Å². The standard InChI is InChI=1S/C31H21F6N7OS/c32-15-3-13(4-16(33)7-15)5-20(42-23(45)10-44-29-25(28(43-44)30(34)35)17-8-18(17)31(29,36)37)26-24(27-21(9-38-26)39-11-40-27)14-1-2-22-19(6-14)41-12-46-22/h1-4,6-7,9,11-12,17-18,20,30H,5,8,10H2,(H,39,40)(H,42,45)/t17-,18+,20-/m0/s1. The summed E-state index contributed by atoms with van der Waals surface area (Å²) in [7, 11) is 0. The quantitative estimate of drug-likeness (QED) is 0.173. The number of H-pyrrole nitrogens is 1. The Morgan fingerprint density at radius 2 is 1.89 bits per heavy atom. The molecule has 234 valence electrons. The molecule has 1 saturated carbocycles. The van der Waals surface area contributed by atoms with E-state index in [9.17, 15) is 22.4 Å². The summed E-state index contributed by atoms with van der Waals surface area (Å²) in [5.41, 5.74) is 3.47. The van der Waals surface area contributed by atoms with Crippen molar-refractivity contribution in [3.05, 3.63) is 94.3 Å². The number of halogens is 6. The second-order valence-electron chi connectivity index (χ2n) is 11.5. The molecule has 0 aliphatic heterocycles. The predicted octanol–water partition coefficient (Wildman–Crippen LogP) is 6.96. The van der Waals surface area contributed by atoms with E-state index in [1.54, 1.807) is 5.51 Å². The van der Waals surface area contributed by atoms with Gasteiger partial charge in [0.1, 0.15) is 29.6 Å². The Morgan fingerprint density at radius 3 is 2.67 bits per heavy atom. The minimum Gasteiger partial charge on any atom is -0.346 e. The van der Waals surface area contributed by atoms with Crippen molar-refractivity contribution < 1.29 is 31.1 Å². The van der Waals surface area contributed by atoms with Crippen molar-refractivity contribution in [2.75, 3.05) is 0 Å². The molecule has 8 nitrogen and oxygen atoms in total. The second kappa shape index (κ2) is 10.4. The fourth-order valence-corrected chi connectivity index (χ4v) is 7.28. The van der Waals surface area contributed by atoms with Gasteiger partial charge in [0.15, 0.2) is 0 Å². The van der Waals surface area contributed by atoms with Crippen LogP contribution in [-0.2, 0) is 23.7 Å². The highest BCUT2D eigenvalue weighted by Gasteiger charge is 2.67. The largest absolute Gasteiger partial charge is 0.346 e. The van der Waals surface area contributed by atoms with E-state index < -0.39 is 65.7 Å². The number of carbonyl (C=O) groups excluding carboxylic acids is 1. The number of aromatic amines is 1. The average molecular weight is 654 g/mol. The Labute approximate surface area is 259 Å². The number of nitrogens with one attached hydrogen (secondary N) is 2. The SMILES string of the molecule is O=C(Cn1nc(C(F)F)c2c1C(F)(F)[C@@H]1C[C@H]21)N[C@@H](Cc1cc(F)cc(F)c1)c1ncc2[nH]cnc2c1-c1ccc2scnc2c1. The van der Waals surface area contributed by atoms with Crippen LogP contribution in [0.15, 0.2) is 54.4 Å². The molecule has 1 amide bonds. The zero-order valence-electron chi connectivity index (χ0n) is 23.4. The number of fused-ring (bicyclic) bond motifs is 5. The van der Waals surface area contributed by atoms with Crippen LogP contribution in [0.25, 0.3) is 32.4 Å². The molecular formula is C31H21F6N7OS. The smallest absolute Gasteiger partial charge is 0.293 e. The number of imidazole rings is 1. The molecule has 6 aromatic rings. The molecule has 15 heteroatoms. The normalized spacial score (nSPS) is 18.7. The van der Waals surface area contributed by atoms with Gasteiger partial charge in [-0.25, -0.2) is 27.5 Å². The van der Waals surface area contributed by atoms with Crippen LogP contribution in [0.4, 0.5) is 26.3 Å². The summed E-state index contributed by atoms with van der Waals surface area (Å²) < 4.78 is 88.1. The highest BCUT2D eigenvalue weighted by atomic mass is 32.1. The lowest BCUT2D eigenvalue weighted by Gasteiger charge is -2.22. The molecule has 0 bridgehead atoms. The Balaban J connectivity index is 1.21. The Hall–Kier alpha value is -4.79. The summed E-state index contributed by atoms with van der Waals surface area (Å²) in [4.78, 5) is 30.1. The molecule has 46 heavy (non-hydrogen) atoms. The van der Waals surface area contributed by atoms with Gasteiger partial charge in [0, 0.05) is 23.1 Å². The van der Waals surface area contributed by atoms with E-state index in [0.29, 0.717) is 38.4 Å². The monoisotopic (exact) mass is 653 g/mol. The summed E-state index contributed by atoms with van der Waals surface area (Å²) in [6.45, 7) is -0.789. The van der Waals surface area contributed by atoms with E-state index in [-0.39, 0.29) is 29.7 Å². The first-order valence-electron chi connectivity index (χ1n) is 14.3. The highest BCUT2D eigenvalue weighted by molar-refractivity contribution is 7.16. The molecule has 2 aliphatic carbocycles. The fraction of sp³-hybridized carbons (Fsp3) is 0.258. The minimum atomic E-state index is -3.41. The third-order valence-electron chi connectivity index (χ3n) is 8.60. The number of amides is 1. The molecule has 0 unspecified atom stereocenters. The molecule has 2 N–H and O–H groups in total. The molecule has 2 aromatic carbocycles. The van der Waals surface area contributed by atoms with Crippen molar-refractivity contribution in [1.29, 1.82) is 0 Å². The number of hydrogen-bond acceptors (Lipinski definition) is 6. The number of benzene rings is 2. The van der Waals surface area contributed by atoms with Gasteiger partial charge in [0.2, 0.25) is 5.91 Å². The Kier molecular flexibility index (Phi) is 6.46. The molecule has 0 radical (unpaired) electrons. The van der Waals surface area contributed by atoms with Crippen LogP contribution in [0.3, 0.4) is 0 Å². The maximum atomic E-state index is 15.2. The molecular weight excluding hydrogens is 632 g/mol. The van der Waals surface area contributed by atoms with E-state index in [1.165, 1.54) is 23.9 Å². The van der Waals surface area contributed by atoms with Crippen LogP contribution in [0.1, 0.15) is 53.0 Å². The summed E-state index contributed by atoms with van der Waals surface area (Å²) in [5.74, 6) is -7.73. The number of nitrogens with zero attached hydrogens (tertiary/aromatic N) is 5. The summed E-state index contributed by atoms with van der Waals surface area (Å²) >= 11 is 1.45. The molecule has 4 aromatic heterocycles. The van der Waals surface area contributed by atoms with Crippen LogP contribution in [-0.4, -0.2) is 35.6 Å². The zero-order chi connectivity index (χ0) is 31.9. The third kappa shape index (κ3) is 4.63. The fourth-order valence-electron chi connectivity index (χ4n) is 6.62. The first-order valence-corrected chi connectivity index (χ1v) is 15.1. The maximum Gasteiger partial charge on any atom is 0.293 e. The van der Waals surface area contributed by atoms with E-state index in [2.05, 4.69) is 30.4 Å². The van der Waals surface area contributed by atoms with Gasteiger partial charge in [0.05, 0.1) is 51.0 Å². The van der Waals surface area contributed by atoms with E-state index in [0.717, 1.165) is 16.8 Å². The van der Waals surface area contributed by atoms with Gasteiger partial charge in [-0.05, 0) is 54.2 Å². The molecule has 1 fully saturated rings. The molecule has 0 spiro atoms. The molecule has 4 heterocycles. The molecule has 3 atom stereocenters. The number of hydrogen-bond donors (Lipinski definition) is 2. The summed E-state index contributed by atoms with van der Waals surface area (Å²) in [6, 6.07) is 7.40. The lowest BCUT2D eigenvalue weighted by molar-refractivity contribution is -0.123. The van der Waals surface area contributed by atoms with E-state index >= 15 is 8.78 Å². The maximum absolute atomic E-state index is 15.2. The number of alkyl halides is 4. The number of pyridine rings is 1. The van der Waals surface area contributed by atoms with Crippen LogP contribution in [0.2, 0.25) is 0 Å². The second-order valence-corrected chi connectivity index (χ2v) is 12.4. The number of thiazole rings is 1. The molecule has 2 aliphatic rings. The van der Waals surface area contributed by atoms with Crippen molar-refractivity contribution in [2.24, 2.45) is 5.92 Å². The number of aromatic nitrogens is 6. The molecule has 8 rings (SSSR count). The van der Waals surface area contributed by atoms with Crippen LogP contribution in [0, 0.1) is 17.6 Å². The summed E-state index contributed by atoms with van der Waals surface area (Å²) in [6.07, 6.45) is -0.197. The predicted molar refractivity (Wildman–Crippen MR) is 155 cm³/mol. The van der Waals surface area contributed by atoms with Crippen LogP contribution in [0.5, 0.6) is 0 Å². The van der Waals surface area contributed by atoms with Gasteiger partial charge in [0.25, 0.3) is 12.3 Å². The van der Waals surface area contributed by atoms with Gasteiger partial charge in [-0.1, -0.05) is 6.07 Å². The van der Waals surface area contributed by atoms with Gasteiger partial charge in [-0.15, -0.1) is 11.3 Å². The lowest BCUT2D eigenvalue weighted by atomic mass is 9.94. The average Bonchev–Trinajstić information content (AvgIpc) is 3.30. The number of carbonyl (C=O) groups is 1. The third-order valence-corrected chi connectivity index (χ3v) is 9.41. The first-order chi connectivity index (χ1) is 22.1. The van der Waals surface area contributed by atoms with Crippen LogP contribution >= 0.6 is 11.3 Å². The van der Waals surface area contributed by atoms with Crippen molar-refractivity contribution in [1.82, 2.24) is 35.0 Å². The number of rotatable bonds is 8. The van der Waals surface area contributed by atoms with Crippen LogP contribution < -0.4 is 5.32 Å². The van der Waals surface area contributed by atoms with Gasteiger partial charge in [-0.3, -0.25) is 14.5 Å². The van der Waals surface area contributed by atoms with Gasteiger partial charge in [-0.2, -0.15) is 13.9 Å². The van der Waals surface area contributed by atoms with Gasteiger partial charge >= 0.3 is 0 Å².